The molecule has 0 fully saturated rings. The summed E-state index contributed by atoms with van der Waals surface area (Å²) in [7, 11) is 0. The van der Waals surface area contributed by atoms with Crippen LogP contribution in [0.2, 0.25) is 0 Å². The van der Waals surface area contributed by atoms with E-state index in [1.807, 2.05) is 30.3 Å². The van der Waals surface area contributed by atoms with Gasteiger partial charge in [-0.25, -0.2) is 5.43 Å². The fraction of sp³-hybridized carbons (Fsp3) is 0.0952. The minimum atomic E-state index is -0.414. The Morgan fingerprint density at radius 2 is 1.81 bits per heavy atom. The monoisotopic (exact) mass is 359 g/mol. The molecule has 0 radical (unpaired) electrons. The summed E-state index contributed by atoms with van der Waals surface area (Å²) in [6.45, 7) is 1.55. The van der Waals surface area contributed by atoms with Crippen LogP contribution in [0.5, 0.6) is 5.75 Å². The van der Waals surface area contributed by atoms with E-state index in [-0.39, 0.29) is 18.2 Å². The number of benzene rings is 3. The molecule has 0 aliphatic carbocycles. The van der Waals surface area contributed by atoms with Crippen molar-refractivity contribution in [3.05, 3.63) is 71.8 Å². The van der Waals surface area contributed by atoms with Crippen molar-refractivity contribution < 1.29 is 14.7 Å². The maximum atomic E-state index is 12.7. The van der Waals surface area contributed by atoms with E-state index in [0.29, 0.717) is 16.8 Å². The number of amides is 2. The van der Waals surface area contributed by atoms with Crippen molar-refractivity contribution in [2.75, 3.05) is 11.4 Å². The van der Waals surface area contributed by atoms with E-state index in [9.17, 15) is 14.7 Å². The fourth-order valence-corrected chi connectivity index (χ4v) is 3.30. The van der Waals surface area contributed by atoms with Gasteiger partial charge >= 0.3 is 0 Å². The number of hydrogen-bond donors (Lipinski definition) is 2. The van der Waals surface area contributed by atoms with Gasteiger partial charge in [-0.1, -0.05) is 36.4 Å². The number of rotatable bonds is 4. The average molecular weight is 359 g/mol. The van der Waals surface area contributed by atoms with Gasteiger partial charge in [0.1, 0.15) is 12.3 Å². The summed E-state index contributed by atoms with van der Waals surface area (Å²) in [4.78, 5) is 26.5. The Bertz CT molecular complexity index is 1100. The van der Waals surface area contributed by atoms with Gasteiger partial charge in [-0.05, 0) is 36.6 Å². The lowest BCUT2D eigenvalue weighted by atomic mass is 10.1. The summed E-state index contributed by atoms with van der Waals surface area (Å²) in [5.74, 6) is -0.522. The summed E-state index contributed by atoms with van der Waals surface area (Å²) < 4.78 is 0. The summed E-state index contributed by atoms with van der Waals surface area (Å²) in [5.41, 5.74) is 4.79. The van der Waals surface area contributed by atoms with Crippen molar-refractivity contribution in [3.63, 3.8) is 0 Å². The molecule has 2 amide bonds. The Kier molecular flexibility index (Phi) is 4.08. The molecule has 6 heteroatoms. The zero-order chi connectivity index (χ0) is 19.0. The number of phenols is 1. The molecule has 27 heavy (non-hydrogen) atoms. The Morgan fingerprint density at radius 1 is 1.07 bits per heavy atom. The number of carbonyl (C=O) groups excluding carboxylic acids is 2. The Morgan fingerprint density at radius 3 is 2.59 bits per heavy atom. The minimum Gasteiger partial charge on any atom is -0.507 e. The summed E-state index contributed by atoms with van der Waals surface area (Å²) in [5, 5.41) is 15.7. The SMILES string of the molecule is C/C(=N\NC(=O)CN1C(=O)c2cccc3cccc1c23)c1ccccc1O. The third kappa shape index (κ3) is 2.91. The number of aromatic hydroxyl groups is 1. The molecule has 3 aromatic rings. The molecule has 0 aromatic heterocycles. The first-order valence-corrected chi connectivity index (χ1v) is 8.51. The molecule has 0 saturated carbocycles. The van der Waals surface area contributed by atoms with Crippen LogP contribution in [0, 0.1) is 0 Å². The highest BCUT2D eigenvalue weighted by Gasteiger charge is 2.30. The standard InChI is InChI=1S/C21H17N3O3/c1-13(15-8-2-3-11-18(15)25)22-23-19(26)12-24-17-10-5-7-14-6-4-9-16(20(14)17)21(24)27/h2-11,25H,12H2,1H3,(H,23,26)/b22-13+. The van der Waals surface area contributed by atoms with E-state index < -0.39 is 5.91 Å². The second-order valence-electron chi connectivity index (χ2n) is 6.32. The van der Waals surface area contributed by atoms with Crippen molar-refractivity contribution in [1.29, 1.82) is 0 Å². The molecule has 4 rings (SSSR count). The van der Waals surface area contributed by atoms with Gasteiger partial charge in [0, 0.05) is 16.5 Å². The van der Waals surface area contributed by atoms with Crippen LogP contribution in [0.1, 0.15) is 22.8 Å². The lowest BCUT2D eigenvalue weighted by molar-refractivity contribution is -0.119. The predicted molar refractivity (Wildman–Crippen MR) is 104 cm³/mol. The number of nitrogens with one attached hydrogen (secondary N) is 1. The zero-order valence-electron chi connectivity index (χ0n) is 14.6. The van der Waals surface area contributed by atoms with E-state index in [0.717, 1.165) is 16.5 Å². The van der Waals surface area contributed by atoms with Crippen LogP contribution in [0.15, 0.2) is 65.8 Å². The van der Waals surface area contributed by atoms with Gasteiger partial charge < -0.3 is 5.11 Å². The second-order valence-corrected chi connectivity index (χ2v) is 6.32. The number of phenolic OH excluding ortho intramolecular Hbond substituents is 1. The normalized spacial score (nSPS) is 13.3. The minimum absolute atomic E-state index is 0.0878. The number of nitrogens with zero attached hydrogens (tertiary/aromatic N) is 2. The third-order valence-electron chi connectivity index (χ3n) is 4.59. The van der Waals surface area contributed by atoms with Gasteiger partial charge in [-0.2, -0.15) is 5.10 Å². The Balaban J connectivity index is 1.53. The number of carbonyl (C=O) groups is 2. The second kappa shape index (κ2) is 6.57. The topological polar surface area (TPSA) is 82.0 Å². The fourth-order valence-electron chi connectivity index (χ4n) is 3.30. The summed E-state index contributed by atoms with van der Waals surface area (Å²) in [6.07, 6.45) is 0. The molecule has 1 heterocycles. The molecular weight excluding hydrogens is 342 g/mol. The van der Waals surface area contributed by atoms with Crippen LogP contribution in [0.4, 0.5) is 5.69 Å². The first kappa shape index (κ1) is 16.8. The van der Waals surface area contributed by atoms with Gasteiger partial charge in [0.05, 0.1) is 11.4 Å². The van der Waals surface area contributed by atoms with Gasteiger partial charge in [0.2, 0.25) is 0 Å². The van der Waals surface area contributed by atoms with Gasteiger partial charge in [-0.15, -0.1) is 0 Å². The number of hydrogen-bond acceptors (Lipinski definition) is 4. The maximum absolute atomic E-state index is 12.7. The van der Waals surface area contributed by atoms with Gasteiger partial charge in [-0.3, -0.25) is 14.5 Å². The molecular formula is C21H17N3O3. The van der Waals surface area contributed by atoms with Crippen LogP contribution in [-0.4, -0.2) is 29.2 Å². The number of para-hydroxylation sites is 1. The third-order valence-corrected chi connectivity index (χ3v) is 4.59. The van der Waals surface area contributed by atoms with E-state index in [1.54, 1.807) is 37.3 Å². The molecule has 3 aromatic carbocycles. The van der Waals surface area contributed by atoms with E-state index in [1.165, 1.54) is 4.90 Å². The number of hydrazone groups is 1. The summed E-state index contributed by atoms with van der Waals surface area (Å²) in [6, 6.07) is 17.9. The first-order chi connectivity index (χ1) is 13.1. The van der Waals surface area contributed by atoms with Crippen molar-refractivity contribution in [1.82, 2.24) is 5.43 Å². The van der Waals surface area contributed by atoms with Crippen molar-refractivity contribution >= 4 is 34.0 Å². The van der Waals surface area contributed by atoms with Crippen LogP contribution < -0.4 is 10.3 Å². The van der Waals surface area contributed by atoms with Crippen molar-refractivity contribution in [3.8, 4) is 5.75 Å². The van der Waals surface area contributed by atoms with Gasteiger partial charge in [0.15, 0.2) is 0 Å². The molecule has 0 unspecified atom stereocenters. The quantitative estimate of drug-likeness (QED) is 0.555. The molecule has 0 atom stereocenters. The molecule has 0 spiro atoms. The zero-order valence-corrected chi connectivity index (χ0v) is 14.6. The van der Waals surface area contributed by atoms with Crippen LogP contribution in [0.25, 0.3) is 10.8 Å². The highest BCUT2D eigenvalue weighted by Crippen LogP contribution is 2.36. The smallest absolute Gasteiger partial charge is 0.260 e. The van der Waals surface area contributed by atoms with Crippen LogP contribution in [-0.2, 0) is 4.79 Å². The maximum Gasteiger partial charge on any atom is 0.260 e. The van der Waals surface area contributed by atoms with E-state index in [4.69, 9.17) is 0 Å². The Labute approximate surface area is 155 Å². The van der Waals surface area contributed by atoms with Crippen molar-refractivity contribution in [2.45, 2.75) is 6.92 Å². The molecule has 6 nitrogen and oxygen atoms in total. The predicted octanol–water partition coefficient (Wildman–Crippen LogP) is 3.05. The van der Waals surface area contributed by atoms with Crippen LogP contribution >= 0.6 is 0 Å². The lowest BCUT2D eigenvalue weighted by Gasteiger charge is -2.16. The highest BCUT2D eigenvalue weighted by atomic mass is 16.3. The first-order valence-electron chi connectivity index (χ1n) is 8.51. The number of anilines is 1. The Hall–Kier alpha value is -3.67. The van der Waals surface area contributed by atoms with Crippen molar-refractivity contribution in [2.24, 2.45) is 5.10 Å². The molecule has 2 N–H and O–H groups in total. The molecule has 1 aliphatic heterocycles. The lowest BCUT2D eigenvalue weighted by Crippen LogP contribution is -2.37. The van der Waals surface area contributed by atoms with Gasteiger partial charge in [0.25, 0.3) is 11.8 Å². The van der Waals surface area contributed by atoms with E-state index in [2.05, 4.69) is 10.5 Å². The largest absolute Gasteiger partial charge is 0.507 e. The molecule has 134 valence electrons. The van der Waals surface area contributed by atoms with E-state index >= 15 is 0 Å². The summed E-state index contributed by atoms with van der Waals surface area (Å²) >= 11 is 0. The molecule has 0 bridgehead atoms. The highest BCUT2D eigenvalue weighted by molar-refractivity contribution is 6.26. The van der Waals surface area contributed by atoms with Crippen LogP contribution in [0.3, 0.4) is 0 Å². The molecule has 0 saturated heterocycles. The average Bonchev–Trinajstić information content (AvgIpc) is 2.95. The molecule has 1 aliphatic rings.